The molecule has 0 aliphatic heterocycles. The van der Waals surface area contributed by atoms with Gasteiger partial charge in [0.15, 0.2) is 0 Å². The third-order valence-electron chi connectivity index (χ3n) is 5.98. The zero-order valence-electron chi connectivity index (χ0n) is 17.0. The van der Waals surface area contributed by atoms with Gasteiger partial charge >= 0.3 is 0 Å². The van der Waals surface area contributed by atoms with E-state index in [-0.39, 0.29) is 6.04 Å². The molecule has 5 heteroatoms. The van der Waals surface area contributed by atoms with Crippen LogP contribution in [0.2, 0.25) is 0 Å². The molecule has 1 unspecified atom stereocenters. The van der Waals surface area contributed by atoms with Crippen LogP contribution in [0.5, 0.6) is 0 Å². The van der Waals surface area contributed by atoms with E-state index in [0.29, 0.717) is 12.1 Å². The normalized spacial score (nSPS) is 15.8. The van der Waals surface area contributed by atoms with E-state index in [9.17, 15) is 5.26 Å². The van der Waals surface area contributed by atoms with Crippen LogP contribution in [0.3, 0.4) is 0 Å². The second kappa shape index (κ2) is 7.74. The fourth-order valence-corrected chi connectivity index (χ4v) is 4.56. The first-order valence-corrected chi connectivity index (χ1v) is 10.4. The number of nitriles is 1. The smallest absolute Gasteiger partial charge is 0.128 e. The third kappa shape index (κ3) is 3.16. The quantitative estimate of drug-likeness (QED) is 0.500. The summed E-state index contributed by atoms with van der Waals surface area (Å²) in [6, 6.07) is 22.7. The molecular formula is C25H23N5. The summed E-state index contributed by atoms with van der Waals surface area (Å²) in [7, 11) is 2.15. The van der Waals surface area contributed by atoms with E-state index in [4.69, 9.17) is 9.97 Å². The first kappa shape index (κ1) is 18.5. The molecule has 1 aliphatic carbocycles. The van der Waals surface area contributed by atoms with Crippen molar-refractivity contribution in [3.8, 4) is 11.8 Å². The average molecular weight is 393 g/mol. The second-order valence-electron chi connectivity index (χ2n) is 7.85. The van der Waals surface area contributed by atoms with Crippen LogP contribution in [0.25, 0.3) is 16.7 Å². The van der Waals surface area contributed by atoms with E-state index in [2.05, 4.69) is 34.7 Å². The van der Waals surface area contributed by atoms with Crippen molar-refractivity contribution in [3.63, 3.8) is 0 Å². The van der Waals surface area contributed by atoms with Crippen LogP contribution in [-0.4, -0.2) is 26.5 Å². The number of hydrogen-bond acceptors (Lipinski definition) is 4. The van der Waals surface area contributed by atoms with E-state index in [1.54, 1.807) is 0 Å². The molecule has 4 aromatic rings. The van der Waals surface area contributed by atoms with E-state index < -0.39 is 0 Å². The molecule has 0 saturated heterocycles. The minimum absolute atomic E-state index is 0.273. The Hall–Kier alpha value is -3.49. The maximum absolute atomic E-state index is 9.67. The molecule has 0 N–H and O–H groups in total. The monoisotopic (exact) mass is 393 g/mol. The zero-order valence-corrected chi connectivity index (χ0v) is 17.0. The minimum Gasteiger partial charge on any atom is -0.294 e. The van der Waals surface area contributed by atoms with Gasteiger partial charge in [-0.05, 0) is 62.2 Å². The molecule has 0 amide bonds. The van der Waals surface area contributed by atoms with Crippen molar-refractivity contribution < 1.29 is 0 Å². The summed E-state index contributed by atoms with van der Waals surface area (Å²) in [5.41, 5.74) is 6.02. The van der Waals surface area contributed by atoms with Crippen LogP contribution < -0.4 is 0 Å². The number of fused-ring (bicyclic) bond motifs is 2. The van der Waals surface area contributed by atoms with Crippen molar-refractivity contribution in [2.24, 2.45) is 0 Å². The summed E-state index contributed by atoms with van der Waals surface area (Å²) in [4.78, 5) is 12.0. The van der Waals surface area contributed by atoms with Crippen molar-refractivity contribution in [1.82, 2.24) is 19.4 Å². The lowest BCUT2D eigenvalue weighted by molar-refractivity contribution is 0.203. The Morgan fingerprint density at radius 2 is 1.93 bits per heavy atom. The molecule has 0 saturated carbocycles. The first-order valence-electron chi connectivity index (χ1n) is 10.4. The second-order valence-corrected chi connectivity index (χ2v) is 7.85. The van der Waals surface area contributed by atoms with E-state index in [1.807, 2.05) is 54.7 Å². The summed E-state index contributed by atoms with van der Waals surface area (Å²) in [5.74, 6) is 0.935. The zero-order chi connectivity index (χ0) is 20.5. The van der Waals surface area contributed by atoms with Crippen molar-refractivity contribution in [3.05, 3.63) is 89.5 Å². The number of rotatable bonds is 4. The van der Waals surface area contributed by atoms with Gasteiger partial charge in [-0.15, -0.1) is 0 Å². The van der Waals surface area contributed by atoms with E-state index in [0.717, 1.165) is 35.4 Å². The Labute approximate surface area is 176 Å². The van der Waals surface area contributed by atoms with Gasteiger partial charge in [0.2, 0.25) is 0 Å². The molecule has 0 fully saturated rings. The third-order valence-corrected chi connectivity index (χ3v) is 5.98. The van der Waals surface area contributed by atoms with Crippen LogP contribution in [0.4, 0.5) is 0 Å². The highest BCUT2D eigenvalue weighted by atomic mass is 15.2. The molecule has 0 spiro atoms. The van der Waals surface area contributed by atoms with Crippen molar-refractivity contribution in [2.45, 2.75) is 31.8 Å². The summed E-state index contributed by atoms with van der Waals surface area (Å²) in [6.45, 7) is 0.676. The van der Waals surface area contributed by atoms with Gasteiger partial charge in [0.25, 0.3) is 0 Å². The molecule has 5 rings (SSSR count). The molecule has 1 atom stereocenters. The maximum Gasteiger partial charge on any atom is 0.128 e. The number of aromatic nitrogens is 3. The van der Waals surface area contributed by atoms with Gasteiger partial charge < -0.3 is 0 Å². The molecule has 0 radical (unpaired) electrons. The summed E-state index contributed by atoms with van der Waals surface area (Å²) in [5, 5.41) is 9.67. The average Bonchev–Trinajstić information content (AvgIpc) is 3.16. The first-order chi connectivity index (χ1) is 14.8. The molecule has 1 aliphatic rings. The lowest BCUT2D eigenvalue weighted by atomic mass is 9.91. The van der Waals surface area contributed by atoms with Gasteiger partial charge in [-0.2, -0.15) is 5.26 Å². The van der Waals surface area contributed by atoms with Gasteiger partial charge in [0, 0.05) is 6.20 Å². The minimum atomic E-state index is 0.273. The topological polar surface area (TPSA) is 57.7 Å². The van der Waals surface area contributed by atoms with Crippen LogP contribution in [0.1, 0.15) is 41.5 Å². The van der Waals surface area contributed by atoms with Crippen molar-refractivity contribution in [2.75, 3.05) is 7.05 Å². The van der Waals surface area contributed by atoms with Crippen LogP contribution in [0.15, 0.2) is 66.9 Å². The number of hydrogen-bond donors (Lipinski definition) is 0. The Balaban J connectivity index is 1.58. The number of benzene rings is 2. The van der Waals surface area contributed by atoms with Crippen LogP contribution >= 0.6 is 0 Å². The van der Waals surface area contributed by atoms with E-state index in [1.165, 1.54) is 17.7 Å². The number of para-hydroxylation sites is 3. The highest BCUT2D eigenvalue weighted by Crippen LogP contribution is 2.33. The molecule has 0 bridgehead atoms. The summed E-state index contributed by atoms with van der Waals surface area (Å²) >= 11 is 0. The molecule has 5 nitrogen and oxygen atoms in total. The Kier molecular flexibility index (Phi) is 4.78. The fraction of sp³-hybridized carbons (Fsp3) is 0.240. The molecular weight excluding hydrogens is 370 g/mol. The summed E-state index contributed by atoms with van der Waals surface area (Å²) in [6.07, 6.45) is 5.25. The van der Waals surface area contributed by atoms with E-state index >= 15 is 0 Å². The predicted octanol–water partition coefficient (Wildman–Crippen LogP) is 4.80. The lowest BCUT2D eigenvalue weighted by Gasteiger charge is -2.32. The van der Waals surface area contributed by atoms with Crippen molar-refractivity contribution in [1.29, 1.82) is 5.26 Å². The number of nitrogens with zero attached hydrogens (tertiary/aromatic N) is 5. The van der Waals surface area contributed by atoms with Crippen LogP contribution in [0, 0.1) is 11.3 Å². The van der Waals surface area contributed by atoms with Gasteiger partial charge in [-0.3, -0.25) is 14.5 Å². The summed E-state index contributed by atoms with van der Waals surface area (Å²) < 4.78 is 2.13. The highest BCUT2D eigenvalue weighted by molar-refractivity contribution is 5.79. The number of pyridine rings is 1. The largest absolute Gasteiger partial charge is 0.294 e. The Morgan fingerprint density at radius 3 is 2.83 bits per heavy atom. The van der Waals surface area contributed by atoms with Crippen molar-refractivity contribution >= 4 is 11.0 Å². The van der Waals surface area contributed by atoms with Gasteiger partial charge in [-0.1, -0.05) is 30.3 Å². The van der Waals surface area contributed by atoms with Crippen LogP contribution in [-0.2, 0) is 13.0 Å². The number of imidazole rings is 1. The molecule has 148 valence electrons. The lowest BCUT2D eigenvalue weighted by Crippen LogP contribution is -2.29. The van der Waals surface area contributed by atoms with Gasteiger partial charge in [-0.25, -0.2) is 4.98 Å². The Morgan fingerprint density at radius 1 is 1.10 bits per heavy atom. The Bertz CT molecular complexity index is 1250. The molecule has 2 heterocycles. The van der Waals surface area contributed by atoms with Gasteiger partial charge in [0.05, 0.1) is 40.6 Å². The predicted molar refractivity (Wildman–Crippen MR) is 117 cm³/mol. The highest BCUT2D eigenvalue weighted by Gasteiger charge is 2.26. The maximum atomic E-state index is 9.67. The van der Waals surface area contributed by atoms with Gasteiger partial charge in [0.1, 0.15) is 11.9 Å². The molecule has 30 heavy (non-hydrogen) atoms. The SMILES string of the molecule is CN(Cc1nc2ccccc2n1-c1ccccc1C#N)C1CCCc2cccnc21. The molecule has 2 aromatic carbocycles. The number of aryl methyl sites for hydroxylation is 1. The fourth-order valence-electron chi connectivity index (χ4n) is 4.56. The molecule has 2 aromatic heterocycles. The standard InChI is InChI=1S/C25H23N5/c1-29(23-14-6-9-18-10-7-15-27-25(18)23)17-24-28-20-11-3-5-13-22(20)30(24)21-12-4-2-8-19(21)16-26/h2-5,7-8,10-13,15,23H,6,9,14,17H2,1H3.